The number of benzene rings is 1. The minimum Gasteiger partial charge on any atom is -0.466 e. The molecule has 0 aliphatic carbocycles. The molecule has 0 spiro atoms. The summed E-state index contributed by atoms with van der Waals surface area (Å²) in [7, 11) is 1.36. The molecule has 2 amide bonds. The first-order valence-electron chi connectivity index (χ1n) is 9.11. The average molecular weight is 370 g/mol. The van der Waals surface area contributed by atoms with Crippen LogP contribution in [0, 0.1) is 0 Å². The van der Waals surface area contributed by atoms with E-state index in [1.165, 1.54) is 7.11 Å². The van der Waals surface area contributed by atoms with Gasteiger partial charge in [-0.2, -0.15) is 0 Å². The van der Waals surface area contributed by atoms with Crippen LogP contribution in [-0.2, 0) is 9.53 Å². The second-order valence-electron chi connectivity index (χ2n) is 6.69. The maximum atomic E-state index is 12.5. The molecule has 7 heteroatoms. The highest BCUT2D eigenvalue weighted by Gasteiger charge is 2.34. The van der Waals surface area contributed by atoms with E-state index in [1.54, 1.807) is 0 Å². The van der Waals surface area contributed by atoms with E-state index >= 15 is 0 Å². The largest absolute Gasteiger partial charge is 0.466 e. The molecule has 3 rings (SSSR count). The lowest BCUT2D eigenvalue weighted by molar-refractivity contribution is -0.136. The molecule has 7 nitrogen and oxygen atoms in total. The molecule has 2 heterocycles. The molecule has 0 aromatic heterocycles. The second-order valence-corrected chi connectivity index (χ2v) is 6.69. The van der Waals surface area contributed by atoms with E-state index in [4.69, 9.17) is 4.74 Å². The molecule has 2 aliphatic rings. The fourth-order valence-electron chi connectivity index (χ4n) is 3.53. The number of ether oxygens (including phenoxy) is 1. The molecule has 27 heavy (non-hydrogen) atoms. The van der Waals surface area contributed by atoms with Crippen molar-refractivity contribution in [2.75, 3.05) is 46.4 Å². The van der Waals surface area contributed by atoms with Crippen LogP contribution in [-0.4, -0.2) is 68.2 Å². The first-order chi connectivity index (χ1) is 13.1. The molecule has 1 unspecified atom stereocenters. The van der Waals surface area contributed by atoms with Gasteiger partial charge in [-0.05, 0) is 5.56 Å². The molecule has 1 aromatic rings. The van der Waals surface area contributed by atoms with Gasteiger partial charge in [0.1, 0.15) is 0 Å². The number of rotatable bonds is 6. The van der Waals surface area contributed by atoms with Crippen molar-refractivity contribution in [3.63, 3.8) is 0 Å². The summed E-state index contributed by atoms with van der Waals surface area (Å²) in [5.41, 5.74) is 1.91. The predicted octanol–water partition coefficient (Wildman–Crippen LogP) is 1.27. The number of carbonyl (C=O) groups is 2. The van der Waals surface area contributed by atoms with Gasteiger partial charge in [0.15, 0.2) is 0 Å². The molecule has 1 aromatic carbocycles. The molecule has 1 fully saturated rings. The van der Waals surface area contributed by atoms with Crippen LogP contribution in [0.3, 0.4) is 0 Å². The number of methoxy groups -OCH3 is 1. The van der Waals surface area contributed by atoms with Crippen LogP contribution in [0.2, 0.25) is 0 Å². The van der Waals surface area contributed by atoms with Gasteiger partial charge in [-0.1, -0.05) is 36.4 Å². The van der Waals surface area contributed by atoms with Gasteiger partial charge in [0.25, 0.3) is 0 Å². The number of piperazine rings is 1. The van der Waals surface area contributed by atoms with Crippen LogP contribution in [0.15, 0.2) is 54.3 Å². The van der Waals surface area contributed by atoms with Gasteiger partial charge in [0.05, 0.1) is 18.7 Å². The van der Waals surface area contributed by atoms with Crippen LogP contribution in [0.4, 0.5) is 4.79 Å². The van der Waals surface area contributed by atoms with Crippen LogP contribution >= 0.6 is 0 Å². The van der Waals surface area contributed by atoms with Crippen molar-refractivity contribution in [3.8, 4) is 0 Å². The Labute approximate surface area is 159 Å². The van der Waals surface area contributed by atoms with Crippen LogP contribution in [0.25, 0.3) is 0 Å². The molecule has 1 saturated heterocycles. The Hall–Kier alpha value is -2.64. The zero-order chi connectivity index (χ0) is 19.2. The van der Waals surface area contributed by atoms with E-state index in [9.17, 15) is 9.59 Å². The lowest BCUT2D eigenvalue weighted by atomic mass is 9.95. The smallest absolute Gasteiger partial charge is 0.338 e. The Morgan fingerprint density at radius 1 is 1.22 bits per heavy atom. The lowest BCUT2D eigenvalue weighted by Gasteiger charge is -2.36. The summed E-state index contributed by atoms with van der Waals surface area (Å²) in [4.78, 5) is 29.4. The molecule has 2 aliphatic heterocycles. The van der Waals surface area contributed by atoms with Crippen molar-refractivity contribution in [2.45, 2.75) is 6.04 Å². The topological polar surface area (TPSA) is 73.9 Å². The van der Waals surface area contributed by atoms with E-state index in [0.29, 0.717) is 17.8 Å². The highest BCUT2D eigenvalue weighted by atomic mass is 16.5. The van der Waals surface area contributed by atoms with E-state index in [0.717, 1.165) is 38.3 Å². The summed E-state index contributed by atoms with van der Waals surface area (Å²) in [6, 6.07) is 8.63. The highest BCUT2D eigenvalue weighted by Crippen LogP contribution is 2.28. The average Bonchev–Trinajstić information content (AvgIpc) is 2.69. The van der Waals surface area contributed by atoms with Crippen molar-refractivity contribution in [1.82, 2.24) is 20.4 Å². The molecule has 0 radical (unpaired) electrons. The summed E-state index contributed by atoms with van der Waals surface area (Å²) in [6.45, 7) is 8.76. The standard InChI is InChI=1S/C20H26N4O3/c1-3-9-23-10-12-24(13-11-23)14-16-17(19(25)27-2)18(22-20(26)21-16)15-7-5-4-6-8-15/h3-8,18H,1,9-14H2,2H3,(H2,21,22,26). The maximum Gasteiger partial charge on any atom is 0.338 e. The van der Waals surface area contributed by atoms with Gasteiger partial charge in [-0.15, -0.1) is 6.58 Å². The number of nitrogens with one attached hydrogen (secondary N) is 2. The minimum absolute atomic E-state index is 0.309. The molecular weight excluding hydrogens is 344 g/mol. The summed E-state index contributed by atoms with van der Waals surface area (Å²) >= 11 is 0. The molecular formula is C20H26N4O3. The summed E-state index contributed by atoms with van der Waals surface area (Å²) in [5.74, 6) is -0.434. The number of carbonyl (C=O) groups excluding carboxylic acids is 2. The first kappa shape index (κ1) is 19.1. The number of esters is 1. The molecule has 1 atom stereocenters. The van der Waals surface area contributed by atoms with Crippen LogP contribution in [0.5, 0.6) is 0 Å². The summed E-state index contributed by atoms with van der Waals surface area (Å²) in [6.07, 6.45) is 1.91. The highest BCUT2D eigenvalue weighted by molar-refractivity contribution is 5.95. The van der Waals surface area contributed by atoms with E-state index in [1.807, 2.05) is 36.4 Å². The van der Waals surface area contributed by atoms with E-state index in [-0.39, 0.29) is 6.03 Å². The van der Waals surface area contributed by atoms with Gasteiger partial charge in [-0.25, -0.2) is 9.59 Å². The normalized spacial score (nSPS) is 21.4. The van der Waals surface area contributed by atoms with Gasteiger partial charge < -0.3 is 15.4 Å². The molecule has 0 saturated carbocycles. The Morgan fingerprint density at radius 2 is 1.89 bits per heavy atom. The van der Waals surface area contributed by atoms with Gasteiger partial charge in [0.2, 0.25) is 0 Å². The first-order valence-corrected chi connectivity index (χ1v) is 9.11. The Bertz CT molecular complexity index is 724. The predicted molar refractivity (Wildman–Crippen MR) is 103 cm³/mol. The third-order valence-electron chi connectivity index (χ3n) is 4.93. The summed E-state index contributed by atoms with van der Waals surface area (Å²) in [5, 5.41) is 5.66. The quantitative estimate of drug-likeness (QED) is 0.583. The maximum absolute atomic E-state index is 12.5. The number of amides is 2. The number of urea groups is 1. The molecule has 2 N–H and O–H groups in total. The van der Waals surface area contributed by atoms with Gasteiger partial charge in [0, 0.05) is 45.0 Å². The fourth-order valence-corrected chi connectivity index (χ4v) is 3.53. The third kappa shape index (κ3) is 4.56. The van der Waals surface area contributed by atoms with Gasteiger partial charge in [-0.3, -0.25) is 9.80 Å². The Morgan fingerprint density at radius 3 is 2.52 bits per heavy atom. The summed E-state index contributed by atoms with van der Waals surface area (Å²) < 4.78 is 5.02. The van der Waals surface area contributed by atoms with E-state index < -0.39 is 12.0 Å². The van der Waals surface area contributed by atoms with Crippen LogP contribution in [0.1, 0.15) is 11.6 Å². The van der Waals surface area contributed by atoms with Crippen molar-refractivity contribution >= 4 is 12.0 Å². The third-order valence-corrected chi connectivity index (χ3v) is 4.93. The number of hydrogen-bond donors (Lipinski definition) is 2. The van der Waals surface area contributed by atoms with Crippen molar-refractivity contribution < 1.29 is 14.3 Å². The monoisotopic (exact) mass is 370 g/mol. The fraction of sp³-hybridized carbons (Fsp3) is 0.400. The Balaban J connectivity index is 1.84. The molecule has 144 valence electrons. The van der Waals surface area contributed by atoms with E-state index in [2.05, 4.69) is 27.0 Å². The van der Waals surface area contributed by atoms with Gasteiger partial charge >= 0.3 is 12.0 Å². The second kappa shape index (κ2) is 8.83. The lowest BCUT2D eigenvalue weighted by Crippen LogP contribution is -2.51. The van der Waals surface area contributed by atoms with Crippen molar-refractivity contribution in [3.05, 3.63) is 59.8 Å². The molecule has 0 bridgehead atoms. The zero-order valence-electron chi connectivity index (χ0n) is 15.6. The van der Waals surface area contributed by atoms with Crippen LogP contribution < -0.4 is 10.6 Å². The Kier molecular flexibility index (Phi) is 6.26. The number of hydrogen-bond acceptors (Lipinski definition) is 5. The zero-order valence-corrected chi connectivity index (χ0v) is 15.6. The number of nitrogens with zero attached hydrogens (tertiary/aromatic N) is 2. The SMILES string of the molecule is C=CCN1CCN(CC2=C(C(=O)OC)C(c3ccccc3)NC(=O)N2)CC1. The van der Waals surface area contributed by atoms with Crippen molar-refractivity contribution in [1.29, 1.82) is 0 Å². The minimum atomic E-state index is -0.524. The van der Waals surface area contributed by atoms with Crippen molar-refractivity contribution in [2.24, 2.45) is 0 Å².